The maximum absolute atomic E-state index is 14.3. The van der Waals surface area contributed by atoms with Gasteiger partial charge in [0, 0.05) is 19.7 Å². The first-order valence-corrected chi connectivity index (χ1v) is 17.5. The lowest BCUT2D eigenvalue weighted by atomic mass is 9.93. The van der Waals surface area contributed by atoms with Crippen LogP contribution in [0.1, 0.15) is 35.2 Å². The van der Waals surface area contributed by atoms with Crippen LogP contribution in [0.2, 0.25) is 5.02 Å². The van der Waals surface area contributed by atoms with Crippen LogP contribution in [-0.4, -0.2) is 17.1 Å². The molecule has 0 radical (unpaired) electrons. The monoisotopic (exact) mass is 876 g/mol. The molecule has 1 aliphatic rings. The maximum Gasteiger partial charge on any atom is 0.338 e. The van der Waals surface area contributed by atoms with Crippen molar-refractivity contribution in [3.63, 3.8) is 0 Å². The Bertz CT molecular complexity index is 2150. The topological polar surface area (TPSA) is 69.9 Å². The van der Waals surface area contributed by atoms with Crippen molar-refractivity contribution in [3.05, 3.63) is 156 Å². The molecule has 11 heteroatoms. The number of hydrogen-bond acceptors (Lipinski definition) is 6. The zero-order valence-corrected chi connectivity index (χ0v) is 30.1. The van der Waals surface area contributed by atoms with Gasteiger partial charge < -0.3 is 9.47 Å². The minimum absolute atomic E-state index is 0.161. The molecule has 0 N–H and O–H groups in total. The number of aromatic nitrogens is 1. The number of benzene rings is 4. The summed E-state index contributed by atoms with van der Waals surface area (Å²) in [6.07, 6.45) is 1.79. The number of carbonyl (C=O) groups is 1. The highest BCUT2D eigenvalue weighted by molar-refractivity contribution is 14.1. The molecule has 4 aromatic carbocycles. The summed E-state index contributed by atoms with van der Waals surface area (Å²) < 4.78 is 29.0. The van der Waals surface area contributed by atoms with E-state index in [1.165, 1.54) is 23.5 Å². The highest BCUT2D eigenvalue weighted by atomic mass is 127. The molecular weight excluding hydrogens is 853 g/mol. The van der Waals surface area contributed by atoms with E-state index in [-0.39, 0.29) is 30.2 Å². The molecule has 232 valence electrons. The highest BCUT2D eigenvalue weighted by Gasteiger charge is 2.35. The predicted octanol–water partition coefficient (Wildman–Crippen LogP) is 7.52. The van der Waals surface area contributed by atoms with E-state index in [4.69, 9.17) is 26.1 Å². The summed E-state index contributed by atoms with van der Waals surface area (Å²) in [4.78, 5) is 33.3. The van der Waals surface area contributed by atoms with Crippen LogP contribution in [0.5, 0.6) is 5.75 Å². The summed E-state index contributed by atoms with van der Waals surface area (Å²) in [5, 5.41) is 0.530. The molecule has 0 spiro atoms. The molecule has 2 heterocycles. The smallest absolute Gasteiger partial charge is 0.338 e. The van der Waals surface area contributed by atoms with E-state index < -0.39 is 12.0 Å². The van der Waals surface area contributed by atoms with Crippen molar-refractivity contribution >= 4 is 85.9 Å². The van der Waals surface area contributed by atoms with Crippen LogP contribution >= 0.6 is 68.1 Å². The Kier molecular flexibility index (Phi) is 10.1. The van der Waals surface area contributed by atoms with Crippen LogP contribution < -0.4 is 19.6 Å². The second-order valence-corrected chi connectivity index (χ2v) is 14.1. The summed E-state index contributed by atoms with van der Waals surface area (Å²) in [5.74, 6) is -0.271. The van der Waals surface area contributed by atoms with E-state index in [1.54, 1.807) is 54.0 Å². The molecule has 1 aliphatic heterocycles. The van der Waals surface area contributed by atoms with Crippen molar-refractivity contribution in [2.24, 2.45) is 4.99 Å². The number of esters is 1. The normalized spacial score (nSPS) is 14.5. The lowest BCUT2D eigenvalue weighted by molar-refractivity contribution is -0.138. The van der Waals surface area contributed by atoms with Gasteiger partial charge in [-0.25, -0.2) is 14.2 Å². The number of halogens is 4. The Balaban J connectivity index is 1.55. The number of carbonyl (C=O) groups excluding carboxylic acids is 1. The molecule has 1 atom stereocenters. The van der Waals surface area contributed by atoms with Crippen molar-refractivity contribution in [2.75, 3.05) is 6.61 Å². The first-order chi connectivity index (χ1) is 22.2. The molecule has 6 rings (SSSR count). The third kappa shape index (κ3) is 6.85. The maximum atomic E-state index is 14.3. The number of ether oxygens (including phenoxy) is 2. The van der Waals surface area contributed by atoms with Crippen LogP contribution in [0.4, 0.5) is 4.39 Å². The van der Waals surface area contributed by atoms with Crippen molar-refractivity contribution in [1.29, 1.82) is 0 Å². The van der Waals surface area contributed by atoms with Gasteiger partial charge in [-0.2, -0.15) is 0 Å². The van der Waals surface area contributed by atoms with Crippen LogP contribution in [0.25, 0.3) is 11.8 Å². The van der Waals surface area contributed by atoms with Crippen molar-refractivity contribution in [2.45, 2.75) is 19.6 Å². The molecule has 0 unspecified atom stereocenters. The first kappa shape index (κ1) is 32.6. The van der Waals surface area contributed by atoms with Gasteiger partial charge in [0.25, 0.3) is 5.56 Å². The molecule has 0 fully saturated rings. The fourth-order valence-corrected chi connectivity index (χ4v) is 8.28. The van der Waals surface area contributed by atoms with Gasteiger partial charge in [-0.15, -0.1) is 0 Å². The average Bonchev–Trinajstić information content (AvgIpc) is 3.35. The van der Waals surface area contributed by atoms with Gasteiger partial charge in [0.15, 0.2) is 4.80 Å². The Morgan fingerprint density at radius 1 is 1.04 bits per heavy atom. The second kappa shape index (κ2) is 14.2. The lowest BCUT2D eigenvalue weighted by Gasteiger charge is -2.26. The zero-order chi connectivity index (χ0) is 32.4. The van der Waals surface area contributed by atoms with E-state index in [0.29, 0.717) is 36.9 Å². The number of rotatable bonds is 8. The van der Waals surface area contributed by atoms with E-state index >= 15 is 0 Å². The summed E-state index contributed by atoms with van der Waals surface area (Å²) in [5.41, 5.74) is 3.33. The van der Waals surface area contributed by atoms with Gasteiger partial charge in [-0.3, -0.25) is 9.36 Å². The Morgan fingerprint density at radius 3 is 2.46 bits per heavy atom. The van der Waals surface area contributed by atoms with Gasteiger partial charge in [0.05, 0.1) is 32.0 Å². The summed E-state index contributed by atoms with van der Waals surface area (Å²) in [6, 6.07) is 25.7. The van der Waals surface area contributed by atoms with Crippen LogP contribution in [0, 0.1) is 13.0 Å². The van der Waals surface area contributed by atoms with Gasteiger partial charge in [0.2, 0.25) is 0 Å². The number of thiazole rings is 1. The molecule has 0 amide bonds. The molecule has 0 saturated heterocycles. The Labute approximate surface area is 300 Å². The van der Waals surface area contributed by atoms with Gasteiger partial charge in [-0.1, -0.05) is 77.5 Å². The SMILES string of the molecule is CCOC(=O)C1=C(c2ccccc2)N=c2s/c(=C\c3cc(I)cc(I)c3OCc3ccc(F)cc3)c(=O)n2[C@H]1c1ccc(Cl)cc1. The molecule has 46 heavy (non-hydrogen) atoms. The largest absolute Gasteiger partial charge is 0.487 e. The zero-order valence-electron chi connectivity index (χ0n) is 24.2. The first-order valence-electron chi connectivity index (χ1n) is 14.1. The van der Waals surface area contributed by atoms with Crippen molar-refractivity contribution in [1.82, 2.24) is 4.57 Å². The molecule has 0 bridgehead atoms. The summed E-state index contributed by atoms with van der Waals surface area (Å²) >= 11 is 11.9. The summed E-state index contributed by atoms with van der Waals surface area (Å²) in [6.45, 7) is 2.12. The Morgan fingerprint density at radius 2 is 1.76 bits per heavy atom. The molecular formula is C35H24ClFI2N2O4S. The van der Waals surface area contributed by atoms with Gasteiger partial charge >= 0.3 is 5.97 Å². The van der Waals surface area contributed by atoms with E-state index in [2.05, 4.69) is 45.2 Å². The highest BCUT2D eigenvalue weighted by Crippen LogP contribution is 2.36. The van der Waals surface area contributed by atoms with E-state index in [1.807, 2.05) is 42.5 Å². The van der Waals surface area contributed by atoms with Gasteiger partial charge in [0.1, 0.15) is 18.2 Å². The van der Waals surface area contributed by atoms with E-state index in [9.17, 15) is 14.0 Å². The molecule has 5 aromatic rings. The second-order valence-electron chi connectivity index (χ2n) is 10.2. The summed E-state index contributed by atoms with van der Waals surface area (Å²) in [7, 11) is 0. The van der Waals surface area contributed by atoms with Gasteiger partial charge in [-0.05, 0) is 106 Å². The molecule has 0 aliphatic carbocycles. The quantitative estimate of drug-likeness (QED) is 0.120. The predicted molar refractivity (Wildman–Crippen MR) is 195 cm³/mol. The molecule has 6 nitrogen and oxygen atoms in total. The number of fused-ring (bicyclic) bond motifs is 1. The Hall–Kier alpha value is -3.33. The fraction of sp³-hybridized carbons (Fsp3) is 0.114. The molecule has 0 saturated carbocycles. The third-order valence-corrected chi connectivity index (χ3v) is 9.84. The van der Waals surface area contributed by atoms with E-state index in [0.717, 1.165) is 18.3 Å². The number of hydrogen-bond donors (Lipinski definition) is 0. The third-order valence-electron chi connectivity index (χ3n) is 7.18. The fourth-order valence-electron chi connectivity index (χ4n) is 5.12. The standard InChI is InChI=1S/C35H24ClFI2N2O4S/c1-2-44-34(43)29-30(21-6-4-3-5-7-21)40-35-41(31(29)22-10-12-24(36)13-11-22)33(42)28(46-35)17-23-16-26(38)18-27(39)32(23)45-19-20-8-14-25(37)15-9-20/h3-18,31H,2,19H2,1H3/b28-17-/t31-/m0/s1. The van der Waals surface area contributed by atoms with Crippen LogP contribution in [0.15, 0.2) is 106 Å². The minimum atomic E-state index is -0.810. The van der Waals surface area contributed by atoms with Crippen LogP contribution in [-0.2, 0) is 16.1 Å². The molecule has 1 aromatic heterocycles. The lowest BCUT2D eigenvalue weighted by Crippen LogP contribution is -2.40. The van der Waals surface area contributed by atoms with Crippen LogP contribution in [0.3, 0.4) is 0 Å². The average molecular weight is 877 g/mol. The number of nitrogens with zero attached hydrogens (tertiary/aromatic N) is 2. The van der Waals surface area contributed by atoms with Crippen molar-refractivity contribution < 1.29 is 18.7 Å². The van der Waals surface area contributed by atoms with Crippen molar-refractivity contribution in [3.8, 4) is 5.75 Å². The minimum Gasteiger partial charge on any atom is -0.487 e.